The Morgan fingerprint density at radius 2 is 2.00 bits per heavy atom. The largest absolute Gasteiger partial charge is 0.349 e. The second-order valence-electron chi connectivity index (χ2n) is 7.10. The molecule has 2 aromatic heterocycles. The van der Waals surface area contributed by atoms with E-state index in [9.17, 15) is 4.79 Å². The molecule has 8 heteroatoms. The van der Waals surface area contributed by atoms with Crippen molar-refractivity contribution in [2.45, 2.75) is 45.6 Å². The molecule has 1 aliphatic heterocycles. The Balaban J connectivity index is 1.61. The van der Waals surface area contributed by atoms with Crippen molar-refractivity contribution in [1.29, 1.82) is 0 Å². The van der Waals surface area contributed by atoms with Gasteiger partial charge in [-0.15, -0.1) is 11.3 Å². The van der Waals surface area contributed by atoms with E-state index in [2.05, 4.69) is 43.5 Å². The summed E-state index contributed by atoms with van der Waals surface area (Å²) in [6.07, 6.45) is 4.84. The third-order valence-electron chi connectivity index (χ3n) is 4.69. The highest BCUT2D eigenvalue weighted by Gasteiger charge is 2.17. The van der Waals surface area contributed by atoms with Crippen molar-refractivity contribution in [3.8, 4) is 0 Å². The zero-order valence-corrected chi connectivity index (χ0v) is 17.2. The van der Waals surface area contributed by atoms with Gasteiger partial charge in [0.05, 0.1) is 6.54 Å². The summed E-state index contributed by atoms with van der Waals surface area (Å²) < 4.78 is 0. The van der Waals surface area contributed by atoms with Crippen molar-refractivity contribution in [2.24, 2.45) is 0 Å². The van der Waals surface area contributed by atoms with Crippen molar-refractivity contribution in [3.05, 3.63) is 27.7 Å². The molecule has 7 nitrogen and oxygen atoms in total. The Bertz CT molecular complexity index is 769. The lowest BCUT2D eigenvalue weighted by molar-refractivity contribution is -0.121. The molecular formula is C19H28N6OS. The maximum atomic E-state index is 12.2. The first-order valence-corrected chi connectivity index (χ1v) is 10.4. The van der Waals surface area contributed by atoms with E-state index in [-0.39, 0.29) is 5.91 Å². The summed E-state index contributed by atoms with van der Waals surface area (Å²) in [7, 11) is 3.84. The van der Waals surface area contributed by atoms with Gasteiger partial charge in [0.15, 0.2) is 5.82 Å². The van der Waals surface area contributed by atoms with Crippen molar-refractivity contribution in [2.75, 3.05) is 37.0 Å². The van der Waals surface area contributed by atoms with Crippen molar-refractivity contribution in [3.63, 3.8) is 0 Å². The van der Waals surface area contributed by atoms with E-state index in [1.807, 2.05) is 19.0 Å². The van der Waals surface area contributed by atoms with Gasteiger partial charge in [-0.05, 0) is 49.6 Å². The molecule has 1 amide bonds. The molecule has 0 atom stereocenters. The maximum Gasteiger partial charge on any atom is 0.230 e. The molecule has 3 rings (SSSR count). The fourth-order valence-electron chi connectivity index (χ4n) is 3.06. The van der Waals surface area contributed by atoms with Crippen LogP contribution in [-0.2, 0) is 17.8 Å². The Labute approximate surface area is 164 Å². The molecule has 3 heterocycles. The molecule has 0 unspecified atom stereocenters. The molecule has 0 saturated carbocycles. The van der Waals surface area contributed by atoms with Crippen molar-refractivity contribution in [1.82, 2.24) is 20.3 Å². The van der Waals surface area contributed by atoms with Crippen molar-refractivity contribution < 1.29 is 4.79 Å². The van der Waals surface area contributed by atoms with Crippen LogP contribution in [0.3, 0.4) is 0 Å². The summed E-state index contributed by atoms with van der Waals surface area (Å²) in [4.78, 5) is 31.3. The monoisotopic (exact) mass is 388 g/mol. The van der Waals surface area contributed by atoms with Crippen LogP contribution in [0.25, 0.3) is 0 Å². The first-order valence-electron chi connectivity index (χ1n) is 9.50. The zero-order chi connectivity index (χ0) is 19.2. The first kappa shape index (κ1) is 19.5. The minimum Gasteiger partial charge on any atom is -0.349 e. The highest BCUT2D eigenvalue weighted by molar-refractivity contribution is 7.10. The number of anilines is 2. The van der Waals surface area contributed by atoms with Crippen LogP contribution in [0.2, 0.25) is 0 Å². The third kappa shape index (κ3) is 5.38. The van der Waals surface area contributed by atoms with Crippen LogP contribution in [0.4, 0.5) is 11.9 Å². The Kier molecular flexibility index (Phi) is 6.60. The number of rotatable bonds is 7. The molecule has 1 fully saturated rings. The van der Waals surface area contributed by atoms with E-state index in [4.69, 9.17) is 0 Å². The number of carbonyl (C=O) groups excluding carboxylic acids is 1. The summed E-state index contributed by atoms with van der Waals surface area (Å²) in [5, 5.41) is 5.02. The molecule has 146 valence electrons. The minimum absolute atomic E-state index is 0.0223. The van der Waals surface area contributed by atoms with Crippen LogP contribution in [-0.4, -0.2) is 48.0 Å². The fourth-order valence-corrected chi connectivity index (χ4v) is 3.97. The highest BCUT2D eigenvalue weighted by atomic mass is 32.1. The van der Waals surface area contributed by atoms with E-state index < -0.39 is 0 Å². The standard InChI is InChI=1S/C19H28N6OS/c1-14-9-12-27-15(14)7-8-17(26)20-13-16-21-18(24(2)3)23-19(22-16)25-10-5-4-6-11-25/h9,12H,4-8,10-11,13H2,1-3H3,(H,20,26). The topological polar surface area (TPSA) is 74.2 Å². The minimum atomic E-state index is 0.0223. The van der Waals surface area contributed by atoms with Crippen LogP contribution in [0, 0.1) is 6.92 Å². The highest BCUT2D eigenvalue weighted by Crippen LogP contribution is 2.19. The second kappa shape index (κ2) is 9.12. The number of amides is 1. The normalized spacial score (nSPS) is 14.3. The Morgan fingerprint density at radius 1 is 1.22 bits per heavy atom. The number of carbonyl (C=O) groups is 1. The number of aryl methyl sites for hydroxylation is 2. The molecule has 2 aromatic rings. The second-order valence-corrected chi connectivity index (χ2v) is 8.10. The molecular weight excluding hydrogens is 360 g/mol. The van der Waals surface area contributed by atoms with Gasteiger partial charge in [0.25, 0.3) is 0 Å². The van der Waals surface area contributed by atoms with E-state index in [0.29, 0.717) is 30.7 Å². The molecule has 1 aliphatic rings. The molecule has 1 N–H and O–H groups in total. The average molecular weight is 389 g/mol. The molecule has 1 saturated heterocycles. The summed E-state index contributed by atoms with van der Waals surface area (Å²) in [5.41, 5.74) is 1.26. The summed E-state index contributed by atoms with van der Waals surface area (Å²) in [5.74, 6) is 1.97. The number of aromatic nitrogens is 3. The van der Waals surface area contributed by atoms with Crippen LogP contribution >= 0.6 is 11.3 Å². The smallest absolute Gasteiger partial charge is 0.230 e. The molecule has 0 spiro atoms. The molecule has 0 aliphatic carbocycles. The molecule has 0 aromatic carbocycles. The summed E-state index contributed by atoms with van der Waals surface area (Å²) >= 11 is 1.70. The van der Waals surface area contributed by atoms with Gasteiger partial charge in [-0.1, -0.05) is 0 Å². The van der Waals surface area contributed by atoms with Crippen LogP contribution < -0.4 is 15.1 Å². The zero-order valence-electron chi connectivity index (χ0n) is 16.4. The number of nitrogens with one attached hydrogen (secondary N) is 1. The lowest BCUT2D eigenvalue weighted by Crippen LogP contribution is -2.33. The average Bonchev–Trinajstić information content (AvgIpc) is 3.10. The van der Waals surface area contributed by atoms with Gasteiger partial charge < -0.3 is 15.1 Å². The van der Waals surface area contributed by atoms with E-state index >= 15 is 0 Å². The lowest BCUT2D eigenvalue weighted by Gasteiger charge is -2.27. The van der Waals surface area contributed by atoms with Gasteiger partial charge in [-0.2, -0.15) is 15.0 Å². The Hall–Kier alpha value is -2.22. The lowest BCUT2D eigenvalue weighted by atomic mass is 10.1. The first-order chi connectivity index (χ1) is 13.0. The fraction of sp³-hybridized carbons (Fsp3) is 0.579. The predicted molar refractivity (Wildman–Crippen MR) is 109 cm³/mol. The van der Waals surface area contributed by atoms with Gasteiger partial charge in [-0.25, -0.2) is 0 Å². The van der Waals surface area contributed by atoms with Gasteiger partial charge in [-0.3, -0.25) is 4.79 Å². The number of hydrogen-bond donors (Lipinski definition) is 1. The summed E-state index contributed by atoms with van der Waals surface area (Å²) in [6.45, 7) is 4.36. The molecule has 27 heavy (non-hydrogen) atoms. The molecule has 0 radical (unpaired) electrons. The number of thiophene rings is 1. The third-order valence-corrected chi connectivity index (χ3v) is 5.77. The molecule has 0 bridgehead atoms. The number of nitrogens with zero attached hydrogens (tertiary/aromatic N) is 5. The van der Waals surface area contributed by atoms with Gasteiger partial charge in [0.2, 0.25) is 17.8 Å². The van der Waals surface area contributed by atoms with Crippen molar-refractivity contribution >= 4 is 29.1 Å². The van der Waals surface area contributed by atoms with Gasteiger partial charge >= 0.3 is 0 Å². The SMILES string of the molecule is Cc1ccsc1CCC(=O)NCc1nc(N(C)C)nc(N2CCCCC2)n1. The van der Waals surface area contributed by atoms with Gasteiger partial charge in [0, 0.05) is 38.5 Å². The van der Waals surface area contributed by atoms with Crippen LogP contribution in [0.15, 0.2) is 11.4 Å². The maximum absolute atomic E-state index is 12.2. The Morgan fingerprint density at radius 3 is 2.67 bits per heavy atom. The predicted octanol–water partition coefficient (Wildman–Crippen LogP) is 2.55. The van der Waals surface area contributed by atoms with Gasteiger partial charge in [0.1, 0.15) is 0 Å². The van der Waals surface area contributed by atoms with E-state index in [1.54, 1.807) is 11.3 Å². The number of piperidine rings is 1. The summed E-state index contributed by atoms with van der Waals surface area (Å²) in [6, 6.07) is 2.09. The van der Waals surface area contributed by atoms with E-state index in [1.165, 1.54) is 16.9 Å². The van der Waals surface area contributed by atoms with Crippen LogP contribution in [0.1, 0.15) is 41.9 Å². The van der Waals surface area contributed by atoms with E-state index in [0.717, 1.165) is 32.4 Å². The quantitative estimate of drug-likeness (QED) is 0.786. The van der Waals surface area contributed by atoms with Crippen LogP contribution in [0.5, 0.6) is 0 Å². The number of hydrogen-bond acceptors (Lipinski definition) is 7.